The average Bonchev–Trinajstić information content (AvgIpc) is 2.40. The summed E-state index contributed by atoms with van der Waals surface area (Å²) in [6.07, 6.45) is 0.771. The second-order valence-corrected chi connectivity index (χ2v) is 3.55. The Labute approximate surface area is 100 Å². The molecule has 0 spiro atoms. The molecule has 84 valence electrons. The van der Waals surface area contributed by atoms with Crippen LogP contribution in [0.3, 0.4) is 0 Å². The van der Waals surface area contributed by atoms with Gasteiger partial charge in [0.1, 0.15) is 11.5 Å². The van der Waals surface area contributed by atoms with Crippen molar-refractivity contribution in [3.05, 3.63) is 72.3 Å². The Morgan fingerprint density at radius 2 is 1.65 bits per heavy atom. The molecule has 0 radical (unpaired) electrons. The molecule has 2 aromatic carbocycles. The predicted octanol–water partition coefficient (Wildman–Crippen LogP) is 3.55. The van der Waals surface area contributed by atoms with Crippen LogP contribution in [0.2, 0.25) is 0 Å². The van der Waals surface area contributed by atoms with E-state index in [-0.39, 0.29) is 0 Å². The fourth-order valence-corrected chi connectivity index (χ4v) is 1.49. The Morgan fingerprint density at radius 3 is 2.35 bits per heavy atom. The highest BCUT2D eigenvalue weighted by molar-refractivity contribution is 5.80. The van der Waals surface area contributed by atoms with E-state index in [1.807, 2.05) is 36.4 Å². The van der Waals surface area contributed by atoms with Gasteiger partial charge in [0, 0.05) is 5.56 Å². The van der Waals surface area contributed by atoms with E-state index in [1.165, 1.54) is 0 Å². The fourth-order valence-electron chi connectivity index (χ4n) is 1.49. The van der Waals surface area contributed by atoms with E-state index >= 15 is 0 Å². The standard InChI is InChI=1S/C15H12O2/c1-12(13-7-3-2-4-8-13)17-15-10-6-5-9-14(15)11-16/h2-11H,1H2. The van der Waals surface area contributed by atoms with Crippen LogP contribution in [0.15, 0.2) is 61.2 Å². The van der Waals surface area contributed by atoms with Crippen molar-refractivity contribution in [3.63, 3.8) is 0 Å². The van der Waals surface area contributed by atoms with Crippen molar-refractivity contribution < 1.29 is 9.53 Å². The minimum atomic E-state index is 0.518. The number of hydrogen-bond donors (Lipinski definition) is 0. The summed E-state index contributed by atoms with van der Waals surface area (Å²) in [6, 6.07) is 16.6. The molecule has 2 nitrogen and oxygen atoms in total. The number of ether oxygens (including phenoxy) is 1. The molecule has 0 saturated carbocycles. The van der Waals surface area contributed by atoms with Gasteiger partial charge in [0.15, 0.2) is 6.29 Å². The van der Waals surface area contributed by atoms with Crippen molar-refractivity contribution in [1.82, 2.24) is 0 Å². The van der Waals surface area contributed by atoms with Gasteiger partial charge in [-0.2, -0.15) is 0 Å². The Balaban J connectivity index is 2.22. The molecule has 0 bridgehead atoms. The molecule has 2 rings (SSSR count). The Bertz CT molecular complexity index is 530. The van der Waals surface area contributed by atoms with Crippen LogP contribution in [0.25, 0.3) is 5.76 Å². The normalized spacial score (nSPS) is 9.65. The van der Waals surface area contributed by atoms with E-state index in [4.69, 9.17) is 4.74 Å². The van der Waals surface area contributed by atoms with Gasteiger partial charge in [-0.3, -0.25) is 4.79 Å². The molecule has 0 heterocycles. The SMILES string of the molecule is C=C(Oc1ccccc1C=O)c1ccccc1. The van der Waals surface area contributed by atoms with Crippen molar-refractivity contribution in [2.24, 2.45) is 0 Å². The number of aldehydes is 1. The molecule has 0 aromatic heterocycles. The van der Waals surface area contributed by atoms with Crippen LogP contribution in [0.1, 0.15) is 15.9 Å². The van der Waals surface area contributed by atoms with Gasteiger partial charge >= 0.3 is 0 Å². The van der Waals surface area contributed by atoms with Crippen LogP contribution in [0, 0.1) is 0 Å². The zero-order valence-electron chi connectivity index (χ0n) is 9.30. The minimum Gasteiger partial charge on any atom is -0.457 e. The van der Waals surface area contributed by atoms with Crippen molar-refractivity contribution >= 4 is 12.0 Å². The number of carbonyl (C=O) groups excluding carboxylic acids is 1. The number of hydrogen-bond acceptors (Lipinski definition) is 2. The van der Waals surface area contributed by atoms with Gasteiger partial charge < -0.3 is 4.74 Å². The third kappa shape index (κ3) is 2.61. The van der Waals surface area contributed by atoms with Gasteiger partial charge in [0.2, 0.25) is 0 Å². The lowest BCUT2D eigenvalue weighted by atomic mass is 10.2. The Kier molecular flexibility index (Phi) is 3.36. The lowest BCUT2D eigenvalue weighted by Gasteiger charge is -2.10. The highest BCUT2D eigenvalue weighted by Gasteiger charge is 2.05. The number of carbonyl (C=O) groups is 1. The van der Waals surface area contributed by atoms with Gasteiger partial charge in [0.05, 0.1) is 5.56 Å². The topological polar surface area (TPSA) is 26.3 Å². The lowest BCUT2D eigenvalue weighted by Crippen LogP contribution is -1.96. The first-order valence-electron chi connectivity index (χ1n) is 5.27. The molecule has 2 aromatic rings. The van der Waals surface area contributed by atoms with Crippen LogP contribution < -0.4 is 4.74 Å². The monoisotopic (exact) mass is 224 g/mol. The molecular weight excluding hydrogens is 212 g/mol. The lowest BCUT2D eigenvalue weighted by molar-refractivity contribution is 0.112. The average molecular weight is 224 g/mol. The van der Waals surface area contributed by atoms with Crippen LogP contribution in [0.5, 0.6) is 5.75 Å². The maximum absolute atomic E-state index is 10.8. The van der Waals surface area contributed by atoms with Crippen molar-refractivity contribution in [3.8, 4) is 5.75 Å². The van der Waals surface area contributed by atoms with E-state index in [0.29, 0.717) is 17.1 Å². The summed E-state index contributed by atoms with van der Waals surface area (Å²) in [5.41, 5.74) is 1.41. The summed E-state index contributed by atoms with van der Waals surface area (Å²) < 4.78 is 5.60. The van der Waals surface area contributed by atoms with Crippen molar-refractivity contribution in [1.29, 1.82) is 0 Å². The highest BCUT2D eigenvalue weighted by atomic mass is 16.5. The van der Waals surface area contributed by atoms with Gasteiger partial charge in [-0.15, -0.1) is 0 Å². The third-order valence-electron chi connectivity index (χ3n) is 2.37. The molecule has 0 atom stereocenters. The zero-order valence-corrected chi connectivity index (χ0v) is 9.30. The van der Waals surface area contributed by atoms with Gasteiger partial charge in [-0.1, -0.05) is 49.0 Å². The summed E-state index contributed by atoms with van der Waals surface area (Å²) in [4.78, 5) is 10.8. The molecule has 0 aliphatic rings. The summed E-state index contributed by atoms with van der Waals surface area (Å²) in [7, 11) is 0. The van der Waals surface area contributed by atoms with E-state index in [1.54, 1.807) is 18.2 Å². The molecule has 0 aliphatic carbocycles. The van der Waals surface area contributed by atoms with Crippen molar-refractivity contribution in [2.45, 2.75) is 0 Å². The first-order valence-corrected chi connectivity index (χ1v) is 5.27. The number of rotatable bonds is 4. The summed E-state index contributed by atoms with van der Waals surface area (Å²) >= 11 is 0. The largest absolute Gasteiger partial charge is 0.457 e. The smallest absolute Gasteiger partial charge is 0.153 e. The van der Waals surface area contributed by atoms with Crippen LogP contribution in [-0.2, 0) is 0 Å². The molecule has 0 aliphatic heterocycles. The second kappa shape index (κ2) is 5.12. The molecule has 2 heteroatoms. The zero-order chi connectivity index (χ0) is 12.1. The Morgan fingerprint density at radius 1 is 1.00 bits per heavy atom. The molecule has 0 amide bonds. The molecule has 17 heavy (non-hydrogen) atoms. The maximum Gasteiger partial charge on any atom is 0.153 e. The molecule has 0 saturated heterocycles. The van der Waals surface area contributed by atoms with E-state index < -0.39 is 0 Å². The van der Waals surface area contributed by atoms with Crippen LogP contribution in [0.4, 0.5) is 0 Å². The predicted molar refractivity (Wildman–Crippen MR) is 67.9 cm³/mol. The minimum absolute atomic E-state index is 0.518. The van der Waals surface area contributed by atoms with E-state index in [2.05, 4.69) is 6.58 Å². The molecule has 0 unspecified atom stereocenters. The van der Waals surface area contributed by atoms with Gasteiger partial charge in [-0.25, -0.2) is 0 Å². The van der Waals surface area contributed by atoms with Crippen molar-refractivity contribution in [2.75, 3.05) is 0 Å². The fraction of sp³-hybridized carbons (Fsp3) is 0. The van der Waals surface area contributed by atoms with Crippen LogP contribution in [-0.4, -0.2) is 6.29 Å². The number of para-hydroxylation sites is 1. The second-order valence-electron chi connectivity index (χ2n) is 3.55. The highest BCUT2D eigenvalue weighted by Crippen LogP contribution is 2.22. The summed E-state index contributed by atoms with van der Waals surface area (Å²) in [5, 5.41) is 0. The third-order valence-corrected chi connectivity index (χ3v) is 2.37. The molecule has 0 fully saturated rings. The number of benzene rings is 2. The summed E-state index contributed by atoms with van der Waals surface area (Å²) in [5.74, 6) is 1.05. The summed E-state index contributed by atoms with van der Waals surface area (Å²) in [6.45, 7) is 3.86. The van der Waals surface area contributed by atoms with E-state index in [0.717, 1.165) is 11.8 Å². The van der Waals surface area contributed by atoms with Gasteiger partial charge in [0.25, 0.3) is 0 Å². The first kappa shape index (κ1) is 11.1. The molecular formula is C15H12O2. The Hall–Kier alpha value is -2.35. The van der Waals surface area contributed by atoms with E-state index in [9.17, 15) is 4.79 Å². The van der Waals surface area contributed by atoms with Gasteiger partial charge in [-0.05, 0) is 12.1 Å². The maximum atomic E-state index is 10.8. The van der Waals surface area contributed by atoms with Crippen LogP contribution >= 0.6 is 0 Å². The quantitative estimate of drug-likeness (QED) is 0.586. The molecule has 0 N–H and O–H groups in total. The first-order chi connectivity index (χ1) is 8.31.